The van der Waals surface area contributed by atoms with Crippen molar-refractivity contribution in [1.29, 1.82) is 0 Å². The normalized spacial score (nSPS) is 13.2. The number of aryl methyl sites for hydroxylation is 1. The molecule has 2 aromatic heterocycles. The Labute approximate surface area is 223 Å². The van der Waals surface area contributed by atoms with Crippen LogP contribution in [0.1, 0.15) is 31.9 Å². The van der Waals surface area contributed by atoms with Gasteiger partial charge in [-0.3, -0.25) is 0 Å². The summed E-state index contributed by atoms with van der Waals surface area (Å²) in [5.41, 5.74) is 12.0. The molecule has 7 aromatic rings. The number of nitrogens with zero attached hydrogens (tertiary/aromatic N) is 2. The molecule has 0 amide bonds. The molecule has 5 aromatic carbocycles. The highest BCUT2D eigenvalue weighted by atomic mass is 15.0. The SMILES string of the molecule is Cc1cccc2c3ccccc3n(B3c4ccccc4-n4c5ccccc5c5ccc(C(C)(C)C)c3c54)c12. The third-order valence-electron chi connectivity index (χ3n) is 8.62. The van der Waals surface area contributed by atoms with E-state index in [-0.39, 0.29) is 12.3 Å². The van der Waals surface area contributed by atoms with E-state index in [9.17, 15) is 0 Å². The van der Waals surface area contributed by atoms with Gasteiger partial charge in [0.2, 0.25) is 0 Å². The van der Waals surface area contributed by atoms with Gasteiger partial charge in [0.15, 0.2) is 0 Å². The monoisotopic (exact) mass is 488 g/mol. The summed E-state index contributed by atoms with van der Waals surface area (Å²) < 4.78 is 5.17. The van der Waals surface area contributed by atoms with Crippen LogP contribution in [0, 0.1) is 6.92 Å². The molecule has 182 valence electrons. The quantitative estimate of drug-likeness (QED) is 0.212. The van der Waals surface area contributed by atoms with E-state index in [0.29, 0.717) is 0 Å². The molecule has 0 aliphatic carbocycles. The van der Waals surface area contributed by atoms with E-state index in [1.807, 2.05) is 0 Å². The third-order valence-corrected chi connectivity index (χ3v) is 8.62. The van der Waals surface area contributed by atoms with Crippen LogP contribution in [0.2, 0.25) is 0 Å². The fraction of sp³-hybridized carbons (Fsp3) is 0.143. The van der Waals surface area contributed by atoms with Crippen LogP contribution in [-0.2, 0) is 5.41 Å². The fourth-order valence-electron chi connectivity index (χ4n) is 7.11. The van der Waals surface area contributed by atoms with Crippen LogP contribution in [0.4, 0.5) is 0 Å². The van der Waals surface area contributed by atoms with E-state index in [2.05, 4.69) is 140 Å². The second kappa shape index (κ2) is 7.42. The first-order valence-electron chi connectivity index (χ1n) is 13.6. The van der Waals surface area contributed by atoms with Gasteiger partial charge < -0.3 is 9.05 Å². The summed E-state index contributed by atoms with van der Waals surface area (Å²) in [5, 5.41) is 5.30. The first kappa shape index (κ1) is 21.8. The van der Waals surface area contributed by atoms with E-state index < -0.39 is 0 Å². The van der Waals surface area contributed by atoms with E-state index in [0.717, 1.165) is 0 Å². The fourth-order valence-corrected chi connectivity index (χ4v) is 7.11. The van der Waals surface area contributed by atoms with Gasteiger partial charge >= 0.3 is 6.85 Å². The standard InChI is InChI=1S/C35H29BN2/c1-22-12-11-15-25-24-14-6-9-18-30(24)38(33(22)25)36-28-16-7-10-19-31(28)37-29-17-8-5-13-23(29)26-20-21-27(35(2,3)4)32(36)34(26)37/h5-21H,1-4H3. The summed E-state index contributed by atoms with van der Waals surface area (Å²) in [6, 6.07) is 38.4. The zero-order valence-electron chi connectivity index (χ0n) is 22.3. The average Bonchev–Trinajstić information content (AvgIpc) is 3.44. The van der Waals surface area contributed by atoms with Crippen LogP contribution in [0.15, 0.2) is 103 Å². The third kappa shape index (κ3) is 2.69. The number of para-hydroxylation sites is 4. The summed E-state index contributed by atoms with van der Waals surface area (Å²) in [5.74, 6) is 0. The molecule has 1 aliphatic rings. The van der Waals surface area contributed by atoms with Crippen LogP contribution in [-0.4, -0.2) is 15.9 Å². The molecule has 0 fully saturated rings. The Bertz CT molecular complexity index is 2080. The lowest BCUT2D eigenvalue weighted by Gasteiger charge is -2.33. The average molecular weight is 488 g/mol. The largest absolute Gasteiger partial charge is 0.376 e. The number of rotatable bonds is 1. The molecule has 38 heavy (non-hydrogen) atoms. The maximum absolute atomic E-state index is 2.64. The van der Waals surface area contributed by atoms with Crippen molar-refractivity contribution in [2.24, 2.45) is 0 Å². The predicted molar refractivity (Wildman–Crippen MR) is 164 cm³/mol. The molecule has 0 radical (unpaired) electrons. The van der Waals surface area contributed by atoms with Crippen molar-refractivity contribution in [3.05, 3.63) is 114 Å². The Kier molecular flexibility index (Phi) is 4.26. The van der Waals surface area contributed by atoms with Crippen molar-refractivity contribution >= 4 is 61.4 Å². The van der Waals surface area contributed by atoms with Crippen molar-refractivity contribution in [1.82, 2.24) is 9.05 Å². The van der Waals surface area contributed by atoms with Gasteiger partial charge in [-0.15, -0.1) is 0 Å². The van der Waals surface area contributed by atoms with E-state index in [4.69, 9.17) is 0 Å². The summed E-state index contributed by atoms with van der Waals surface area (Å²) in [6.45, 7) is 9.38. The van der Waals surface area contributed by atoms with Gasteiger partial charge in [0.05, 0.1) is 11.0 Å². The molecular formula is C35H29BN2. The lowest BCUT2D eigenvalue weighted by Crippen LogP contribution is -2.55. The van der Waals surface area contributed by atoms with Gasteiger partial charge in [0, 0.05) is 38.3 Å². The van der Waals surface area contributed by atoms with Gasteiger partial charge in [-0.1, -0.05) is 106 Å². The summed E-state index contributed by atoms with van der Waals surface area (Å²) >= 11 is 0. The minimum absolute atomic E-state index is 0.0108. The topological polar surface area (TPSA) is 9.86 Å². The van der Waals surface area contributed by atoms with Gasteiger partial charge in [0.1, 0.15) is 0 Å². The molecule has 0 bridgehead atoms. The van der Waals surface area contributed by atoms with Crippen LogP contribution in [0.25, 0.3) is 49.3 Å². The van der Waals surface area contributed by atoms with E-state index in [1.54, 1.807) is 0 Å². The Balaban J connectivity index is 1.66. The molecule has 0 atom stereocenters. The van der Waals surface area contributed by atoms with Crippen LogP contribution >= 0.6 is 0 Å². The minimum Gasteiger partial charge on any atom is -0.376 e. The van der Waals surface area contributed by atoms with Crippen LogP contribution in [0.3, 0.4) is 0 Å². The van der Waals surface area contributed by atoms with E-state index in [1.165, 1.54) is 71.4 Å². The van der Waals surface area contributed by atoms with Crippen molar-refractivity contribution in [2.75, 3.05) is 0 Å². The zero-order chi connectivity index (χ0) is 25.8. The van der Waals surface area contributed by atoms with Crippen molar-refractivity contribution in [3.8, 4) is 5.69 Å². The molecule has 8 rings (SSSR count). The summed E-state index contributed by atoms with van der Waals surface area (Å²) in [7, 11) is 0. The van der Waals surface area contributed by atoms with Crippen LogP contribution in [0.5, 0.6) is 0 Å². The second-order valence-electron chi connectivity index (χ2n) is 11.8. The Hall–Kier alpha value is -4.24. The van der Waals surface area contributed by atoms with Gasteiger partial charge in [-0.25, -0.2) is 0 Å². The number of fused-ring (bicyclic) bond motifs is 8. The summed E-state index contributed by atoms with van der Waals surface area (Å²) in [6.07, 6.45) is 0. The molecule has 3 heterocycles. The Morgan fingerprint density at radius 2 is 1.21 bits per heavy atom. The highest BCUT2D eigenvalue weighted by molar-refractivity contribution is 6.88. The number of benzene rings is 5. The second-order valence-corrected chi connectivity index (χ2v) is 11.8. The zero-order valence-corrected chi connectivity index (χ0v) is 22.3. The van der Waals surface area contributed by atoms with Gasteiger partial charge in [-0.2, -0.15) is 0 Å². The van der Waals surface area contributed by atoms with E-state index >= 15 is 0 Å². The molecule has 0 saturated heterocycles. The Morgan fingerprint density at radius 1 is 0.579 bits per heavy atom. The maximum atomic E-state index is 2.64. The maximum Gasteiger partial charge on any atom is 0.332 e. The number of hydrogen-bond acceptors (Lipinski definition) is 0. The molecule has 0 unspecified atom stereocenters. The van der Waals surface area contributed by atoms with Gasteiger partial charge in [-0.05, 0) is 52.6 Å². The molecule has 3 heteroatoms. The minimum atomic E-state index is -0.0108. The smallest absolute Gasteiger partial charge is 0.332 e. The molecule has 0 saturated carbocycles. The highest BCUT2D eigenvalue weighted by Gasteiger charge is 2.39. The lowest BCUT2D eigenvalue weighted by atomic mass is 9.46. The van der Waals surface area contributed by atoms with Crippen molar-refractivity contribution in [2.45, 2.75) is 33.1 Å². The first-order chi connectivity index (χ1) is 18.4. The molecule has 0 N–H and O–H groups in total. The number of hydrogen-bond donors (Lipinski definition) is 0. The van der Waals surface area contributed by atoms with Crippen molar-refractivity contribution < 1.29 is 0 Å². The predicted octanol–water partition coefficient (Wildman–Crippen LogP) is 7.46. The molecule has 1 aliphatic heterocycles. The molecule has 2 nitrogen and oxygen atoms in total. The van der Waals surface area contributed by atoms with Crippen LogP contribution < -0.4 is 10.9 Å². The molecule has 0 spiro atoms. The Morgan fingerprint density at radius 3 is 2.00 bits per heavy atom. The first-order valence-corrected chi connectivity index (χ1v) is 13.6. The highest BCUT2D eigenvalue weighted by Crippen LogP contribution is 2.38. The summed E-state index contributed by atoms with van der Waals surface area (Å²) in [4.78, 5) is 0. The molecular weight excluding hydrogens is 459 g/mol. The number of aromatic nitrogens is 2. The van der Waals surface area contributed by atoms with Gasteiger partial charge in [0.25, 0.3) is 0 Å². The lowest BCUT2D eigenvalue weighted by molar-refractivity contribution is 0.594. The van der Waals surface area contributed by atoms with Crippen molar-refractivity contribution in [3.63, 3.8) is 0 Å².